The van der Waals surface area contributed by atoms with Crippen molar-refractivity contribution in [3.8, 4) is 0 Å². The monoisotopic (exact) mass is 165 g/mol. The molecule has 1 N–H and O–H groups in total. The molecule has 0 unspecified atom stereocenters. The van der Waals surface area contributed by atoms with E-state index in [9.17, 15) is 0 Å². The molecule has 0 atom stereocenters. The Morgan fingerprint density at radius 1 is 1.67 bits per heavy atom. The third-order valence-electron chi connectivity index (χ3n) is 1.94. The fourth-order valence-electron chi connectivity index (χ4n) is 1.23. The molecule has 0 bridgehead atoms. The molecular formula is C9H15N3. The van der Waals surface area contributed by atoms with E-state index in [1.54, 1.807) is 6.20 Å². The van der Waals surface area contributed by atoms with Crippen molar-refractivity contribution in [2.75, 3.05) is 20.1 Å². The van der Waals surface area contributed by atoms with Crippen LogP contribution in [0.1, 0.15) is 6.92 Å². The molecule has 0 saturated carbocycles. The number of hydrogen-bond donors (Lipinski definition) is 1. The van der Waals surface area contributed by atoms with Crippen LogP contribution in [0.2, 0.25) is 0 Å². The molecule has 0 aromatic rings. The van der Waals surface area contributed by atoms with Crippen LogP contribution in [0, 0.1) is 0 Å². The minimum atomic E-state index is 1.01. The number of allylic oxidation sites excluding steroid dienone is 2. The van der Waals surface area contributed by atoms with Gasteiger partial charge in [0.05, 0.1) is 11.9 Å². The molecule has 0 spiro atoms. The van der Waals surface area contributed by atoms with Gasteiger partial charge in [-0.1, -0.05) is 6.58 Å². The third kappa shape index (κ3) is 1.87. The first kappa shape index (κ1) is 8.84. The largest absolute Gasteiger partial charge is 0.385 e. The van der Waals surface area contributed by atoms with E-state index in [-0.39, 0.29) is 0 Å². The van der Waals surface area contributed by atoms with Gasteiger partial charge >= 0.3 is 0 Å². The van der Waals surface area contributed by atoms with Gasteiger partial charge in [-0.05, 0) is 6.92 Å². The molecule has 0 aromatic heterocycles. The zero-order chi connectivity index (χ0) is 8.97. The Kier molecular flexibility index (Phi) is 2.91. The Morgan fingerprint density at radius 2 is 2.42 bits per heavy atom. The Hall–Kier alpha value is -1.25. The lowest BCUT2D eigenvalue weighted by Gasteiger charge is -2.27. The van der Waals surface area contributed by atoms with Crippen LogP contribution >= 0.6 is 0 Å². The Morgan fingerprint density at radius 3 is 3.00 bits per heavy atom. The van der Waals surface area contributed by atoms with Gasteiger partial charge in [0.2, 0.25) is 0 Å². The van der Waals surface area contributed by atoms with Crippen molar-refractivity contribution in [1.29, 1.82) is 0 Å². The highest BCUT2D eigenvalue weighted by atomic mass is 15.2. The van der Waals surface area contributed by atoms with Gasteiger partial charge in [-0.15, -0.1) is 0 Å². The molecule has 1 rings (SSSR count). The molecule has 0 aromatic carbocycles. The first-order chi connectivity index (χ1) is 5.75. The van der Waals surface area contributed by atoms with Gasteiger partial charge in [0.1, 0.15) is 0 Å². The summed E-state index contributed by atoms with van der Waals surface area (Å²) in [5, 5.41) is 3.28. The molecule has 0 fully saturated rings. The predicted octanol–water partition coefficient (Wildman–Crippen LogP) is 0.967. The topological polar surface area (TPSA) is 27.6 Å². The first-order valence-electron chi connectivity index (χ1n) is 4.05. The summed E-state index contributed by atoms with van der Waals surface area (Å²) in [6.45, 7) is 7.62. The predicted molar refractivity (Wildman–Crippen MR) is 52.0 cm³/mol. The highest BCUT2D eigenvalue weighted by Gasteiger charge is 2.10. The summed E-state index contributed by atoms with van der Waals surface area (Å²) < 4.78 is 0. The van der Waals surface area contributed by atoms with E-state index in [1.807, 2.05) is 6.21 Å². The molecule has 0 amide bonds. The number of nitrogens with one attached hydrogen (secondary N) is 1. The minimum Gasteiger partial charge on any atom is -0.385 e. The van der Waals surface area contributed by atoms with E-state index in [0.29, 0.717) is 0 Å². The van der Waals surface area contributed by atoms with Crippen LogP contribution in [0.15, 0.2) is 29.2 Å². The highest BCUT2D eigenvalue weighted by molar-refractivity contribution is 5.79. The zero-order valence-corrected chi connectivity index (χ0v) is 7.67. The Labute approximate surface area is 73.5 Å². The summed E-state index contributed by atoms with van der Waals surface area (Å²) in [6, 6.07) is 0. The lowest BCUT2D eigenvalue weighted by atomic mass is 10.2. The molecule has 0 radical (unpaired) electrons. The molecule has 0 saturated heterocycles. The van der Waals surface area contributed by atoms with Crippen molar-refractivity contribution in [2.24, 2.45) is 4.99 Å². The average Bonchev–Trinajstić information content (AvgIpc) is 2.04. The van der Waals surface area contributed by atoms with Crippen LogP contribution in [-0.2, 0) is 0 Å². The number of nitrogens with zero attached hydrogens (tertiary/aromatic N) is 2. The fourth-order valence-corrected chi connectivity index (χ4v) is 1.23. The first-order valence-corrected chi connectivity index (χ1v) is 4.05. The van der Waals surface area contributed by atoms with Crippen molar-refractivity contribution in [2.45, 2.75) is 6.92 Å². The molecular weight excluding hydrogens is 150 g/mol. The molecule has 0 aliphatic carbocycles. The SMILES string of the molecule is C=CN=CC1=C(C)NCCN1C. The van der Waals surface area contributed by atoms with Gasteiger partial charge in [0.25, 0.3) is 0 Å². The van der Waals surface area contributed by atoms with Crippen LogP contribution in [0.5, 0.6) is 0 Å². The summed E-state index contributed by atoms with van der Waals surface area (Å²) in [5.41, 5.74) is 2.32. The smallest absolute Gasteiger partial charge is 0.0739 e. The Bertz CT molecular complexity index is 228. The molecule has 66 valence electrons. The van der Waals surface area contributed by atoms with Crippen LogP contribution in [0.4, 0.5) is 0 Å². The summed E-state index contributed by atoms with van der Waals surface area (Å²) in [5.74, 6) is 0. The molecule has 3 heteroatoms. The van der Waals surface area contributed by atoms with E-state index in [4.69, 9.17) is 0 Å². The van der Waals surface area contributed by atoms with E-state index in [1.165, 1.54) is 5.70 Å². The second-order valence-corrected chi connectivity index (χ2v) is 2.82. The molecule has 12 heavy (non-hydrogen) atoms. The Balaban J connectivity index is 2.80. The van der Waals surface area contributed by atoms with Crippen molar-refractivity contribution < 1.29 is 0 Å². The number of aliphatic imine (C=N–C) groups is 1. The van der Waals surface area contributed by atoms with Gasteiger partial charge in [-0.25, -0.2) is 0 Å². The van der Waals surface area contributed by atoms with Gasteiger partial charge in [-0.2, -0.15) is 0 Å². The summed E-state index contributed by atoms with van der Waals surface area (Å²) in [6.07, 6.45) is 3.37. The number of likely N-dealkylation sites (N-methyl/N-ethyl adjacent to an activating group) is 1. The van der Waals surface area contributed by atoms with Crippen LogP contribution in [0.3, 0.4) is 0 Å². The van der Waals surface area contributed by atoms with Gasteiger partial charge in [0.15, 0.2) is 0 Å². The second-order valence-electron chi connectivity index (χ2n) is 2.82. The maximum Gasteiger partial charge on any atom is 0.0739 e. The minimum absolute atomic E-state index is 1.01. The molecule has 1 heterocycles. The molecule has 1 aliphatic heterocycles. The number of rotatable bonds is 2. The average molecular weight is 165 g/mol. The van der Waals surface area contributed by atoms with Crippen molar-refractivity contribution in [1.82, 2.24) is 10.2 Å². The standard InChI is InChI=1S/C9H15N3/c1-4-10-7-9-8(2)11-5-6-12(9)3/h4,7,11H,1,5-6H2,2-3H3. The molecule has 1 aliphatic rings. The summed E-state index contributed by atoms with van der Waals surface area (Å²) in [7, 11) is 2.06. The van der Waals surface area contributed by atoms with Crippen LogP contribution in [-0.4, -0.2) is 31.3 Å². The zero-order valence-electron chi connectivity index (χ0n) is 7.67. The lowest BCUT2D eigenvalue weighted by Crippen LogP contribution is -2.36. The van der Waals surface area contributed by atoms with Gasteiger partial charge in [0, 0.05) is 32.0 Å². The van der Waals surface area contributed by atoms with Gasteiger partial charge in [-0.3, -0.25) is 4.99 Å². The lowest BCUT2D eigenvalue weighted by molar-refractivity contribution is 0.402. The molecule has 3 nitrogen and oxygen atoms in total. The maximum absolute atomic E-state index is 4.00. The summed E-state index contributed by atoms with van der Waals surface area (Å²) >= 11 is 0. The van der Waals surface area contributed by atoms with Crippen molar-refractivity contribution in [3.63, 3.8) is 0 Å². The van der Waals surface area contributed by atoms with E-state index in [2.05, 4.69) is 35.8 Å². The maximum atomic E-state index is 4.00. The number of hydrogen-bond acceptors (Lipinski definition) is 3. The van der Waals surface area contributed by atoms with Crippen molar-refractivity contribution in [3.05, 3.63) is 24.2 Å². The normalized spacial score (nSPS) is 18.3. The second kappa shape index (κ2) is 3.95. The highest BCUT2D eigenvalue weighted by Crippen LogP contribution is 2.07. The summed E-state index contributed by atoms with van der Waals surface area (Å²) in [4.78, 5) is 6.18. The van der Waals surface area contributed by atoms with Crippen LogP contribution < -0.4 is 5.32 Å². The van der Waals surface area contributed by atoms with Gasteiger partial charge < -0.3 is 10.2 Å². The van der Waals surface area contributed by atoms with E-state index < -0.39 is 0 Å². The van der Waals surface area contributed by atoms with Crippen molar-refractivity contribution >= 4 is 6.21 Å². The van der Waals surface area contributed by atoms with E-state index in [0.717, 1.165) is 18.8 Å². The fraction of sp³-hybridized carbons (Fsp3) is 0.444. The third-order valence-corrected chi connectivity index (χ3v) is 1.94. The van der Waals surface area contributed by atoms with Crippen LogP contribution in [0.25, 0.3) is 0 Å². The van der Waals surface area contributed by atoms with E-state index >= 15 is 0 Å². The quantitative estimate of drug-likeness (QED) is 0.617.